The summed E-state index contributed by atoms with van der Waals surface area (Å²) in [6, 6.07) is 7.96. The number of thiazole rings is 1. The first-order valence-electron chi connectivity index (χ1n) is 8.55. The molecular formula is C18H21N3O2S3. The van der Waals surface area contributed by atoms with Gasteiger partial charge in [-0.15, -0.1) is 11.3 Å². The SMILES string of the molecule is C[C@@H](c1nc2ccccc2s1)N(C)C(=O)CCCCN1C(=O)CSC1=S. The van der Waals surface area contributed by atoms with E-state index < -0.39 is 0 Å². The Labute approximate surface area is 166 Å². The highest BCUT2D eigenvalue weighted by Crippen LogP contribution is 2.29. The summed E-state index contributed by atoms with van der Waals surface area (Å²) >= 11 is 8.21. The standard InChI is InChI=1S/C18H21N3O2S3/c1-12(17-19-13-7-3-4-8-14(13)26-17)20(2)15(22)9-5-6-10-21-16(23)11-25-18(21)24/h3-4,7-8,12H,5-6,9-11H2,1-2H3/t12-/m0/s1. The Morgan fingerprint density at radius 3 is 2.85 bits per heavy atom. The Balaban J connectivity index is 1.49. The molecule has 26 heavy (non-hydrogen) atoms. The maximum absolute atomic E-state index is 12.5. The Hall–Kier alpha value is -1.51. The third-order valence-corrected chi connectivity index (χ3v) is 7.14. The Morgan fingerprint density at radius 1 is 1.38 bits per heavy atom. The molecule has 0 saturated carbocycles. The molecule has 2 amide bonds. The van der Waals surface area contributed by atoms with Crippen LogP contribution in [0.1, 0.15) is 37.2 Å². The number of unbranched alkanes of at least 4 members (excludes halogenated alkanes) is 1. The van der Waals surface area contributed by atoms with Gasteiger partial charge in [-0.2, -0.15) is 0 Å². The summed E-state index contributed by atoms with van der Waals surface area (Å²) in [7, 11) is 1.83. The van der Waals surface area contributed by atoms with Gasteiger partial charge < -0.3 is 4.90 Å². The Bertz CT molecular complexity index is 787. The molecule has 1 saturated heterocycles. The van der Waals surface area contributed by atoms with Crippen molar-refractivity contribution in [2.75, 3.05) is 19.3 Å². The van der Waals surface area contributed by atoms with Crippen molar-refractivity contribution in [1.82, 2.24) is 14.8 Å². The third kappa shape index (κ3) is 4.24. The first-order valence-corrected chi connectivity index (χ1v) is 10.8. The van der Waals surface area contributed by atoms with Gasteiger partial charge in [0, 0.05) is 20.0 Å². The number of amides is 2. The number of benzene rings is 1. The number of aromatic nitrogens is 1. The van der Waals surface area contributed by atoms with Crippen LogP contribution in [0.15, 0.2) is 24.3 Å². The third-order valence-electron chi connectivity index (χ3n) is 4.51. The maximum atomic E-state index is 12.5. The Morgan fingerprint density at radius 2 is 2.15 bits per heavy atom. The minimum Gasteiger partial charge on any atom is -0.337 e. The smallest absolute Gasteiger partial charge is 0.238 e. The molecule has 1 atom stereocenters. The molecule has 1 fully saturated rings. The quantitative estimate of drug-likeness (QED) is 0.515. The molecule has 1 aliphatic rings. The molecule has 1 aromatic carbocycles. The second-order valence-electron chi connectivity index (χ2n) is 6.26. The first-order chi connectivity index (χ1) is 12.5. The fourth-order valence-electron chi connectivity index (χ4n) is 2.77. The van der Waals surface area contributed by atoms with Crippen molar-refractivity contribution in [2.45, 2.75) is 32.2 Å². The zero-order valence-corrected chi connectivity index (χ0v) is 17.3. The molecular weight excluding hydrogens is 386 g/mol. The van der Waals surface area contributed by atoms with Crippen molar-refractivity contribution in [3.05, 3.63) is 29.3 Å². The second kappa shape index (κ2) is 8.45. The number of para-hydroxylation sites is 1. The molecule has 0 aliphatic carbocycles. The zero-order chi connectivity index (χ0) is 18.7. The molecule has 8 heteroatoms. The number of hydrogen-bond donors (Lipinski definition) is 0. The van der Waals surface area contributed by atoms with E-state index in [1.165, 1.54) is 11.8 Å². The lowest BCUT2D eigenvalue weighted by molar-refractivity contribution is -0.131. The van der Waals surface area contributed by atoms with Crippen molar-refractivity contribution in [3.8, 4) is 0 Å². The van der Waals surface area contributed by atoms with Gasteiger partial charge in [-0.3, -0.25) is 14.5 Å². The van der Waals surface area contributed by atoms with E-state index in [1.807, 2.05) is 38.2 Å². The molecule has 0 N–H and O–H groups in total. The van der Waals surface area contributed by atoms with Crippen LogP contribution in [0.2, 0.25) is 0 Å². The number of hydrogen-bond acceptors (Lipinski definition) is 6. The van der Waals surface area contributed by atoms with Crippen LogP contribution in [0, 0.1) is 0 Å². The molecule has 1 aliphatic heterocycles. The van der Waals surface area contributed by atoms with Crippen LogP contribution < -0.4 is 0 Å². The lowest BCUT2D eigenvalue weighted by atomic mass is 10.2. The van der Waals surface area contributed by atoms with E-state index in [-0.39, 0.29) is 17.9 Å². The van der Waals surface area contributed by atoms with Gasteiger partial charge in [-0.1, -0.05) is 36.1 Å². The van der Waals surface area contributed by atoms with E-state index in [0.29, 0.717) is 23.0 Å². The van der Waals surface area contributed by atoms with Gasteiger partial charge in [0.2, 0.25) is 11.8 Å². The van der Waals surface area contributed by atoms with Gasteiger partial charge in [0.05, 0.1) is 22.0 Å². The van der Waals surface area contributed by atoms with Crippen LogP contribution in [-0.2, 0) is 9.59 Å². The molecule has 0 radical (unpaired) electrons. The number of carbonyl (C=O) groups is 2. The lowest BCUT2D eigenvalue weighted by Gasteiger charge is -2.23. The average molecular weight is 408 g/mol. The molecule has 1 aromatic heterocycles. The monoisotopic (exact) mass is 407 g/mol. The molecule has 138 valence electrons. The summed E-state index contributed by atoms with van der Waals surface area (Å²) in [6.45, 7) is 2.61. The number of fused-ring (bicyclic) bond motifs is 1. The van der Waals surface area contributed by atoms with E-state index in [2.05, 4.69) is 4.98 Å². The predicted molar refractivity (Wildman–Crippen MR) is 111 cm³/mol. The van der Waals surface area contributed by atoms with E-state index in [4.69, 9.17) is 12.2 Å². The average Bonchev–Trinajstić information content (AvgIpc) is 3.21. The van der Waals surface area contributed by atoms with E-state index in [9.17, 15) is 9.59 Å². The second-order valence-corrected chi connectivity index (χ2v) is 8.93. The van der Waals surface area contributed by atoms with Gasteiger partial charge in [-0.25, -0.2) is 4.98 Å². The zero-order valence-electron chi connectivity index (χ0n) is 14.8. The number of thiocarbonyl (C=S) groups is 1. The molecule has 2 heterocycles. The largest absolute Gasteiger partial charge is 0.337 e. The van der Waals surface area contributed by atoms with Crippen LogP contribution in [0.5, 0.6) is 0 Å². The van der Waals surface area contributed by atoms with Crippen molar-refractivity contribution in [1.29, 1.82) is 0 Å². The number of thioether (sulfide) groups is 1. The summed E-state index contributed by atoms with van der Waals surface area (Å²) in [5.41, 5.74) is 0.976. The summed E-state index contributed by atoms with van der Waals surface area (Å²) in [5, 5.41) is 0.951. The highest BCUT2D eigenvalue weighted by Gasteiger charge is 2.26. The van der Waals surface area contributed by atoms with Gasteiger partial charge in [0.1, 0.15) is 9.33 Å². The highest BCUT2D eigenvalue weighted by atomic mass is 32.2. The number of rotatable bonds is 7. The van der Waals surface area contributed by atoms with E-state index in [1.54, 1.807) is 21.1 Å². The summed E-state index contributed by atoms with van der Waals surface area (Å²) in [6.07, 6.45) is 1.99. The minimum atomic E-state index is -0.0518. The topological polar surface area (TPSA) is 53.5 Å². The first kappa shape index (κ1) is 19.3. The van der Waals surface area contributed by atoms with E-state index >= 15 is 0 Å². The van der Waals surface area contributed by atoms with Gasteiger partial charge in [0.25, 0.3) is 0 Å². The van der Waals surface area contributed by atoms with Crippen LogP contribution in [0.3, 0.4) is 0 Å². The maximum Gasteiger partial charge on any atom is 0.238 e. The van der Waals surface area contributed by atoms with Crippen molar-refractivity contribution < 1.29 is 9.59 Å². The van der Waals surface area contributed by atoms with Crippen molar-refractivity contribution >= 4 is 61.7 Å². The van der Waals surface area contributed by atoms with Gasteiger partial charge in [-0.05, 0) is 31.9 Å². The highest BCUT2D eigenvalue weighted by molar-refractivity contribution is 8.23. The lowest BCUT2D eigenvalue weighted by Crippen LogP contribution is -2.31. The Kier molecular flexibility index (Phi) is 6.26. The van der Waals surface area contributed by atoms with Crippen molar-refractivity contribution in [2.24, 2.45) is 0 Å². The minimum absolute atomic E-state index is 0.0518. The van der Waals surface area contributed by atoms with Crippen LogP contribution in [0.4, 0.5) is 0 Å². The summed E-state index contributed by atoms with van der Waals surface area (Å²) < 4.78 is 1.79. The molecule has 5 nitrogen and oxygen atoms in total. The van der Waals surface area contributed by atoms with Crippen LogP contribution >= 0.6 is 35.3 Å². The van der Waals surface area contributed by atoms with E-state index in [0.717, 1.165) is 28.1 Å². The molecule has 2 aromatic rings. The van der Waals surface area contributed by atoms with Crippen LogP contribution in [0.25, 0.3) is 10.2 Å². The van der Waals surface area contributed by atoms with Crippen molar-refractivity contribution in [3.63, 3.8) is 0 Å². The molecule has 3 rings (SSSR count). The predicted octanol–water partition coefficient (Wildman–Crippen LogP) is 3.85. The summed E-state index contributed by atoms with van der Waals surface area (Å²) in [4.78, 5) is 32.2. The number of carbonyl (C=O) groups excluding carboxylic acids is 2. The van der Waals surface area contributed by atoms with Crippen LogP contribution in [-0.4, -0.2) is 50.3 Å². The normalized spacial score (nSPS) is 15.7. The molecule has 0 spiro atoms. The molecule has 0 bridgehead atoms. The molecule has 0 unspecified atom stereocenters. The summed E-state index contributed by atoms with van der Waals surface area (Å²) in [5.74, 6) is 0.620. The number of nitrogens with zero attached hydrogens (tertiary/aromatic N) is 3. The van der Waals surface area contributed by atoms with Gasteiger partial charge in [0.15, 0.2) is 0 Å². The van der Waals surface area contributed by atoms with Gasteiger partial charge >= 0.3 is 0 Å². The fraction of sp³-hybridized carbons (Fsp3) is 0.444. The fourth-order valence-corrected chi connectivity index (χ4v) is 4.95.